The third-order valence-electron chi connectivity index (χ3n) is 3.01. The molecule has 0 radical (unpaired) electrons. The number of nitrogen functional groups attached to an aromatic ring is 1. The van der Waals surface area contributed by atoms with Crippen LogP contribution in [0.4, 0.5) is 24.5 Å². The van der Waals surface area contributed by atoms with Gasteiger partial charge in [-0.15, -0.1) is 0 Å². The number of hydrogen-bond donors (Lipinski definition) is 1. The predicted molar refractivity (Wildman–Crippen MR) is 65.4 cm³/mol. The summed E-state index contributed by atoms with van der Waals surface area (Å²) in [5.74, 6) is 0.245. The highest BCUT2D eigenvalue weighted by molar-refractivity contribution is 5.68. The Hall–Kier alpha value is -1.63. The first-order chi connectivity index (χ1) is 8.93. The zero-order chi connectivity index (χ0) is 14.0. The van der Waals surface area contributed by atoms with Crippen LogP contribution in [-0.4, -0.2) is 33.4 Å². The van der Waals surface area contributed by atoms with E-state index in [9.17, 15) is 13.2 Å². The first-order valence-electron chi connectivity index (χ1n) is 5.81. The maximum absolute atomic E-state index is 13.1. The zero-order valence-electron chi connectivity index (χ0n) is 10.5. The number of methoxy groups -OCH3 is 1. The van der Waals surface area contributed by atoms with E-state index in [-0.39, 0.29) is 17.1 Å². The number of rotatable bonds is 2. The first-order valence-corrected chi connectivity index (χ1v) is 5.81. The van der Waals surface area contributed by atoms with Crippen molar-refractivity contribution in [1.29, 1.82) is 0 Å². The molecule has 4 nitrogen and oxygen atoms in total. The summed E-state index contributed by atoms with van der Waals surface area (Å²) in [6.45, 7) is 1.64. The predicted octanol–water partition coefficient (Wildman–Crippen LogP) is 2.13. The molecule has 1 aromatic carbocycles. The third-order valence-corrected chi connectivity index (χ3v) is 3.01. The fraction of sp³-hybridized carbons (Fsp3) is 0.500. The molecule has 0 amide bonds. The zero-order valence-corrected chi connectivity index (χ0v) is 10.5. The van der Waals surface area contributed by atoms with Gasteiger partial charge in [0.25, 0.3) is 0 Å². The third kappa shape index (κ3) is 2.86. The first kappa shape index (κ1) is 13.8. The van der Waals surface area contributed by atoms with Gasteiger partial charge in [0.2, 0.25) is 0 Å². The Morgan fingerprint density at radius 3 is 2.42 bits per heavy atom. The highest BCUT2D eigenvalue weighted by Crippen LogP contribution is 2.41. The summed E-state index contributed by atoms with van der Waals surface area (Å²) < 4.78 is 49.3. The van der Waals surface area contributed by atoms with Gasteiger partial charge in [-0.25, -0.2) is 0 Å². The second kappa shape index (κ2) is 5.16. The molecule has 1 fully saturated rings. The lowest BCUT2D eigenvalue weighted by molar-refractivity contribution is -0.137. The van der Waals surface area contributed by atoms with Crippen molar-refractivity contribution in [2.24, 2.45) is 0 Å². The molecule has 0 spiro atoms. The number of nitrogens with two attached hydrogens (primary N) is 1. The number of ether oxygens (including phenoxy) is 2. The largest absolute Gasteiger partial charge is 0.495 e. The standard InChI is InChI=1S/C12H15F3N2O2/c1-18-11-7-10(17-2-4-19-5-3-17)8(6-9(11)16)12(13,14)15/h6-7H,2-5,16H2,1H3. The SMILES string of the molecule is COc1cc(N2CCOCC2)c(C(F)(F)F)cc1N. The molecule has 106 valence electrons. The minimum atomic E-state index is -4.45. The van der Waals surface area contributed by atoms with Gasteiger partial charge < -0.3 is 20.1 Å². The number of benzene rings is 1. The fourth-order valence-electron chi connectivity index (χ4n) is 2.06. The number of halogens is 3. The van der Waals surface area contributed by atoms with E-state index in [1.165, 1.54) is 13.2 Å². The van der Waals surface area contributed by atoms with Crippen molar-refractivity contribution < 1.29 is 22.6 Å². The number of nitrogens with zero attached hydrogens (tertiary/aromatic N) is 1. The van der Waals surface area contributed by atoms with Gasteiger partial charge in [-0.1, -0.05) is 0 Å². The average Bonchev–Trinajstić information content (AvgIpc) is 2.38. The van der Waals surface area contributed by atoms with Crippen LogP contribution < -0.4 is 15.4 Å². The monoisotopic (exact) mass is 276 g/mol. The van der Waals surface area contributed by atoms with E-state index in [2.05, 4.69) is 0 Å². The molecular weight excluding hydrogens is 261 g/mol. The molecule has 7 heteroatoms. The smallest absolute Gasteiger partial charge is 0.418 e. The van der Waals surface area contributed by atoms with E-state index >= 15 is 0 Å². The molecule has 19 heavy (non-hydrogen) atoms. The summed E-state index contributed by atoms with van der Waals surface area (Å²) in [7, 11) is 1.38. The second-order valence-electron chi connectivity index (χ2n) is 4.21. The number of anilines is 2. The molecule has 1 aromatic rings. The van der Waals surface area contributed by atoms with Crippen molar-refractivity contribution in [3.8, 4) is 5.75 Å². The van der Waals surface area contributed by atoms with Gasteiger partial charge in [-0.3, -0.25) is 0 Å². The van der Waals surface area contributed by atoms with Gasteiger partial charge in [0, 0.05) is 19.2 Å². The maximum Gasteiger partial charge on any atom is 0.418 e. The Balaban J connectivity index is 2.48. The van der Waals surface area contributed by atoms with E-state index in [0.29, 0.717) is 26.3 Å². The lowest BCUT2D eigenvalue weighted by Crippen LogP contribution is -2.37. The number of hydrogen-bond acceptors (Lipinski definition) is 4. The summed E-state index contributed by atoms with van der Waals surface area (Å²) in [6.07, 6.45) is -4.45. The maximum atomic E-state index is 13.1. The van der Waals surface area contributed by atoms with Gasteiger partial charge in [0.05, 0.1) is 37.3 Å². The molecule has 0 saturated carbocycles. The van der Waals surface area contributed by atoms with Gasteiger partial charge in [0.15, 0.2) is 0 Å². The minimum absolute atomic E-state index is 0.0214. The van der Waals surface area contributed by atoms with Crippen molar-refractivity contribution in [3.63, 3.8) is 0 Å². The van der Waals surface area contributed by atoms with Gasteiger partial charge in [-0.05, 0) is 6.07 Å². The Kier molecular flexibility index (Phi) is 3.75. The van der Waals surface area contributed by atoms with Crippen molar-refractivity contribution in [1.82, 2.24) is 0 Å². The van der Waals surface area contributed by atoms with Crippen molar-refractivity contribution in [3.05, 3.63) is 17.7 Å². The lowest BCUT2D eigenvalue weighted by atomic mass is 10.1. The lowest BCUT2D eigenvalue weighted by Gasteiger charge is -2.31. The highest BCUT2D eigenvalue weighted by Gasteiger charge is 2.36. The molecule has 0 atom stereocenters. The summed E-state index contributed by atoms with van der Waals surface area (Å²) in [5.41, 5.74) is 4.88. The molecule has 2 N–H and O–H groups in total. The summed E-state index contributed by atoms with van der Waals surface area (Å²) in [4.78, 5) is 1.63. The minimum Gasteiger partial charge on any atom is -0.495 e. The van der Waals surface area contributed by atoms with Crippen LogP contribution in [0.1, 0.15) is 5.56 Å². The summed E-state index contributed by atoms with van der Waals surface area (Å²) in [6, 6.07) is 2.26. The van der Waals surface area contributed by atoms with Crippen molar-refractivity contribution in [2.75, 3.05) is 44.0 Å². The molecule has 2 rings (SSSR count). The highest BCUT2D eigenvalue weighted by atomic mass is 19.4. The Morgan fingerprint density at radius 1 is 1.26 bits per heavy atom. The van der Waals surface area contributed by atoms with Crippen molar-refractivity contribution in [2.45, 2.75) is 6.18 Å². The molecule has 0 aliphatic carbocycles. The number of morpholine rings is 1. The van der Waals surface area contributed by atoms with Crippen LogP contribution >= 0.6 is 0 Å². The number of alkyl halides is 3. The van der Waals surface area contributed by atoms with Crippen LogP contribution in [0.15, 0.2) is 12.1 Å². The second-order valence-corrected chi connectivity index (χ2v) is 4.21. The van der Waals surface area contributed by atoms with E-state index in [1.807, 2.05) is 0 Å². The topological polar surface area (TPSA) is 47.7 Å². The molecule has 0 bridgehead atoms. The molecular formula is C12H15F3N2O2. The molecule has 1 saturated heterocycles. The van der Waals surface area contributed by atoms with E-state index in [0.717, 1.165) is 6.07 Å². The summed E-state index contributed by atoms with van der Waals surface area (Å²) >= 11 is 0. The van der Waals surface area contributed by atoms with Crippen molar-refractivity contribution >= 4 is 11.4 Å². The molecule has 1 aliphatic heterocycles. The quantitative estimate of drug-likeness (QED) is 0.841. The fourth-order valence-corrected chi connectivity index (χ4v) is 2.06. The Morgan fingerprint density at radius 2 is 1.89 bits per heavy atom. The van der Waals surface area contributed by atoms with Crippen LogP contribution in [0.2, 0.25) is 0 Å². The van der Waals surface area contributed by atoms with E-state index < -0.39 is 11.7 Å². The normalized spacial score (nSPS) is 16.5. The molecule has 0 aromatic heterocycles. The van der Waals surface area contributed by atoms with Crippen LogP contribution in [-0.2, 0) is 10.9 Å². The van der Waals surface area contributed by atoms with Gasteiger partial charge >= 0.3 is 6.18 Å². The van der Waals surface area contributed by atoms with Crippen LogP contribution in [0.3, 0.4) is 0 Å². The summed E-state index contributed by atoms with van der Waals surface area (Å²) in [5, 5.41) is 0. The Bertz CT molecular complexity index is 457. The van der Waals surface area contributed by atoms with Gasteiger partial charge in [-0.2, -0.15) is 13.2 Å². The molecule has 1 aliphatic rings. The molecule has 0 unspecified atom stereocenters. The average molecular weight is 276 g/mol. The van der Waals surface area contributed by atoms with E-state index in [4.69, 9.17) is 15.2 Å². The van der Waals surface area contributed by atoms with Crippen LogP contribution in [0.25, 0.3) is 0 Å². The van der Waals surface area contributed by atoms with Gasteiger partial charge in [0.1, 0.15) is 5.75 Å². The van der Waals surface area contributed by atoms with E-state index in [1.54, 1.807) is 4.90 Å². The van der Waals surface area contributed by atoms with Crippen LogP contribution in [0, 0.1) is 0 Å². The molecule has 1 heterocycles. The van der Waals surface area contributed by atoms with Crippen LogP contribution in [0.5, 0.6) is 5.75 Å². The Labute approximate surface area is 108 Å².